The number of carbonyl (C=O) groups excluding carboxylic acids is 1. The number of nitrogens with one attached hydrogen (secondary N) is 1. The molecule has 0 bridgehead atoms. The molecule has 1 fully saturated rings. The van der Waals surface area contributed by atoms with E-state index in [1.165, 1.54) is 12.8 Å². The van der Waals surface area contributed by atoms with Crippen LogP contribution in [0.4, 0.5) is 0 Å². The molecule has 0 aromatic carbocycles. The Hall–Kier alpha value is -0.830. The molecule has 0 spiro atoms. The molecule has 0 aromatic heterocycles. The van der Waals surface area contributed by atoms with Crippen LogP contribution >= 0.6 is 0 Å². The van der Waals surface area contributed by atoms with Crippen LogP contribution in [-0.2, 0) is 4.79 Å². The first-order chi connectivity index (χ1) is 8.24. The number of hydrogen-bond donors (Lipinski definition) is 2. The lowest BCUT2D eigenvalue weighted by atomic mass is 9.87. The molecular weight excluding hydrogens is 214 g/mol. The van der Waals surface area contributed by atoms with Crippen LogP contribution in [-0.4, -0.2) is 24.2 Å². The molecule has 0 heterocycles. The Kier molecular flexibility index (Phi) is 4.21. The van der Waals surface area contributed by atoms with E-state index in [1.807, 2.05) is 0 Å². The summed E-state index contributed by atoms with van der Waals surface area (Å²) in [6.07, 6.45) is 11.6. The fourth-order valence-electron chi connectivity index (χ4n) is 2.98. The first-order valence-corrected chi connectivity index (χ1v) is 6.78. The highest BCUT2D eigenvalue weighted by atomic mass is 16.3. The van der Waals surface area contributed by atoms with Crippen LogP contribution in [0, 0.1) is 11.3 Å². The monoisotopic (exact) mass is 237 g/mol. The molecule has 0 radical (unpaired) electrons. The summed E-state index contributed by atoms with van der Waals surface area (Å²) in [6, 6.07) is 0. The molecule has 3 heteroatoms. The van der Waals surface area contributed by atoms with Crippen molar-refractivity contribution in [2.24, 2.45) is 11.3 Å². The predicted octanol–water partition coefficient (Wildman–Crippen LogP) is 2.01. The van der Waals surface area contributed by atoms with E-state index in [4.69, 9.17) is 0 Å². The van der Waals surface area contributed by atoms with Gasteiger partial charge in [0.1, 0.15) is 0 Å². The Morgan fingerprint density at radius 1 is 1.41 bits per heavy atom. The minimum Gasteiger partial charge on any atom is -0.396 e. The molecule has 96 valence electrons. The van der Waals surface area contributed by atoms with E-state index in [2.05, 4.69) is 17.5 Å². The molecule has 1 unspecified atom stereocenters. The normalized spacial score (nSPS) is 26.3. The third kappa shape index (κ3) is 3.32. The van der Waals surface area contributed by atoms with Crippen LogP contribution in [0.1, 0.15) is 44.9 Å². The number of aliphatic hydroxyl groups is 1. The van der Waals surface area contributed by atoms with Gasteiger partial charge in [-0.3, -0.25) is 4.79 Å². The van der Waals surface area contributed by atoms with Crippen molar-refractivity contribution in [3.63, 3.8) is 0 Å². The SMILES string of the molecule is O=C(CC1C=CCC1)NCC1(CO)CCCC1. The minimum absolute atomic E-state index is 0.0266. The Labute approximate surface area is 103 Å². The average molecular weight is 237 g/mol. The Morgan fingerprint density at radius 2 is 2.18 bits per heavy atom. The molecule has 2 N–H and O–H groups in total. The van der Waals surface area contributed by atoms with Gasteiger partial charge in [0.25, 0.3) is 0 Å². The van der Waals surface area contributed by atoms with E-state index in [9.17, 15) is 9.90 Å². The van der Waals surface area contributed by atoms with Crippen molar-refractivity contribution in [3.05, 3.63) is 12.2 Å². The van der Waals surface area contributed by atoms with E-state index < -0.39 is 0 Å². The number of carbonyl (C=O) groups is 1. The molecule has 1 amide bonds. The fraction of sp³-hybridized carbons (Fsp3) is 0.786. The van der Waals surface area contributed by atoms with Gasteiger partial charge in [-0.2, -0.15) is 0 Å². The summed E-state index contributed by atoms with van der Waals surface area (Å²) in [6.45, 7) is 0.857. The second kappa shape index (κ2) is 5.67. The van der Waals surface area contributed by atoms with Gasteiger partial charge in [-0.05, 0) is 31.6 Å². The topological polar surface area (TPSA) is 49.3 Å². The standard InChI is InChI=1S/C14H23NO2/c16-11-14(7-3-4-8-14)10-15-13(17)9-12-5-1-2-6-12/h1,5,12,16H,2-4,6-11H2,(H,15,17). The molecule has 0 aromatic rings. The number of amides is 1. The molecule has 2 aliphatic rings. The Morgan fingerprint density at radius 3 is 2.76 bits per heavy atom. The van der Waals surface area contributed by atoms with Gasteiger partial charge in [0.05, 0.1) is 6.61 Å². The van der Waals surface area contributed by atoms with Crippen molar-refractivity contribution in [2.45, 2.75) is 44.9 Å². The maximum Gasteiger partial charge on any atom is 0.220 e. The van der Waals surface area contributed by atoms with Crippen LogP contribution in [0.5, 0.6) is 0 Å². The summed E-state index contributed by atoms with van der Waals surface area (Å²) >= 11 is 0. The second-order valence-corrected chi connectivity index (χ2v) is 5.61. The summed E-state index contributed by atoms with van der Waals surface area (Å²) in [7, 11) is 0. The van der Waals surface area contributed by atoms with E-state index in [0.717, 1.165) is 25.7 Å². The van der Waals surface area contributed by atoms with Crippen LogP contribution < -0.4 is 5.32 Å². The van der Waals surface area contributed by atoms with Crippen LogP contribution in [0.3, 0.4) is 0 Å². The van der Waals surface area contributed by atoms with Gasteiger partial charge in [0.2, 0.25) is 5.91 Å². The van der Waals surface area contributed by atoms with Gasteiger partial charge < -0.3 is 10.4 Å². The summed E-state index contributed by atoms with van der Waals surface area (Å²) in [5, 5.41) is 12.5. The molecule has 2 rings (SSSR count). The van der Waals surface area contributed by atoms with Gasteiger partial charge in [0, 0.05) is 18.4 Å². The molecule has 17 heavy (non-hydrogen) atoms. The van der Waals surface area contributed by atoms with Crippen molar-refractivity contribution in [2.75, 3.05) is 13.2 Å². The molecule has 0 aliphatic heterocycles. The Bertz CT molecular complexity index is 293. The second-order valence-electron chi connectivity index (χ2n) is 5.61. The minimum atomic E-state index is -0.0266. The zero-order valence-electron chi connectivity index (χ0n) is 10.5. The summed E-state index contributed by atoms with van der Waals surface area (Å²) in [5.74, 6) is 0.574. The fourth-order valence-corrected chi connectivity index (χ4v) is 2.98. The highest BCUT2D eigenvalue weighted by molar-refractivity contribution is 5.76. The quantitative estimate of drug-likeness (QED) is 0.719. The van der Waals surface area contributed by atoms with Crippen molar-refractivity contribution >= 4 is 5.91 Å². The number of rotatable bonds is 5. The largest absolute Gasteiger partial charge is 0.396 e. The van der Waals surface area contributed by atoms with Crippen molar-refractivity contribution in [1.29, 1.82) is 0 Å². The zero-order chi connectivity index (χ0) is 12.1. The third-order valence-corrected chi connectivity index (χ3v) is 4.22. The van der Waals surface area contributed by atoms with Gasteiger partial charge in [-0.25, -0.2) is 0 Å². The molecule has 1 saturated carbocycles. The lowest BCUT2D eigenvalue weighted by Crippen LogP contribution is -2.38. The summed E-state index contributed by atoms with van der Waals surface area (Å²) in [4.78, 5) is 11.8. The Balaban J connectivity index is 1.73. The number of allylic oxidation sites excluding steroid dienone is 2. The van der Waals surface area contributed by atoms with Crippen LogP contribution in [0.15, 0.2) is 12.2 Å². The van der Waals surface area contributed by atoms with E-state index in [0.29, 0.717) is 18.9 Å². The van der Waals surface area contributed by atoms with Gasteiger partial charge >= 0.3 is 0 Å². The highest BCUT2D eigenvalue weighted by Gasteiger charge is 2.33. The van der Waals surface area contributed by atoms with E-state index in [1.54, 1.807) is 0 Å². The molecule has 0 saturated heterocycles. The van der Waals surface area contributed by atoms with Crippen LogP contribution in [0.25, 0.3) is 0 Å². The average Bonchev–Trinajstić information content (AvgIpc) is 2.98. The van der Waals surface area contributed by atoms with Crippen molar-refractivity contribution in [1.82, 2.24) is 5.32 Å². The van der Waals surface area contributed by atoms with Gasteiger partial charge in [0.15, 0.2) is 0 Å². The number of aliphatic hydroxyl groups excluding tert-OH is 1. The first-order valence-electron chi connectivity index (χ1n) is 6.78. The van der Waals surface area contributed by atoms with E-state index >= 15 is 0 Å². The molecule has 3 nitrogen and oxygen atoms in total. The summed E-state index contributed by atoms with van der Waals surface area (Å²) < 4.78 is 0. The maximum absolute atomic E-state index is 11.8. The first kappa shape index (κ1) is 12.6. The smallest absolute Gasteiger partial charge is 0.220 e. The zero-order valence-corrected chi connectivity index (χ0v) is 10.5. The predicted molar refractivity (Wildman–Crippen MR) is 67.5 cm³/mol. The van der Waals surface area contributed by atoms with Gasteiger partial charge in [-0.1, -0.05) is 25.0 Å². The lowest BCUT2D eigenvalue weighted by Gasteiger charge is -2.26. The van der Waals surface area contributed by atoms with Gasteiger partial charge in [-0.15, -0.1) is 0 Å². The van der Waals surface area contributed by atoms with E-state index in [-0.39, 0.29) is 17.9 Å². The molecule has 1 atom stereocenters. The molecule has 2 aliphatic carbocycles. The lowest BCUT2D eigenvalue weighted by molar-refractivity contribution is -0.122. The third-order valence-electron chi connectivity index (χ3n) is 4.22. The molecular formula is C14H23NO2. The van der Waals surface area contributed by atoms with Crippen molar-refractivity contribution < 1.29 is 9.90 Å². The van der Waals surface area contributed by atoms with Crippen LogP contribution in [0.2, 0.25) is 0 Å². The number of hydrogen-bond acceptors (Lipinski definition) is 2. The maximum atomic E-state index is 11.8. The highest BCUT2D eigenvalue weighted by Crippen LogP contribution is 2.36. The van der Waals surface area contributed by atoms with Crippen molar-refractivity contribution in [3.8, 4) is 0 Å². The summed E-state index contributed by atoms with van der Waals surface area (Å²) in [5.41, 5.74) is -0.0266.